The Kier molecular flexibility index (Phi) is 1.91. The molecule has 0 saturated heterocycles. The number of H-pyrrole nitrogens is 2. The summed E-state index contributed by atoms with van der Waals surface area (Å²) in [7, 11) is 0. The Morgan fingerprint density at radius 1 is 1.11 bits per heavy atom. The molecule has 3 heterocycles. The number of aromatic nitrogens is 4. The average Bonchev–Trinajstić information content (AvgIpc) is 3.03. The second-order valence-electron chi connectivity index (χ2n) is 4.47. The van der Waals surface area contributed by atoms with Crippen molar-refractivity contribution in [3.05, 3.63) is 42.7 Å². The molecule has 5 nitrogen and oxygen atoms in total. The van der Waals surface area contributed by atoms with E-state index in [9.17, 15) is 0 Å². The quantitative estimate of drug-likeness (QED) is 0.485. The third kappa shape index (κ3) is 1.41. The average molecular weight is 249 g/mol. The topological polar surface area (TPSA) is 83.4 Å². The number of benzene rings is 1. The number of hydrogen-bond donors (Lipinski definition) is 3. The van der Waals surface area contributed by atoms with Crippen LogP contribution in [0.4, 0.5) is 5.82 Å². The minimum absolute atomic E-state index is 0.523. The van der Waals surface area contributed by atoms with Gasteiger partial charge in [-0.25, -0.2) is 4.98 Å². The summed E-state index contributed by atoms with van der Waals surface area (Å²) in [6, 6.07) is 10.1. The van der Waals surface area contributed by atoms with Crippen molar-refractivity contribution >= 4 is 27.8 Å². The number of anilines is 1. The molecule has 0 aliphatic carbocycles. The van der Waals surface area contributed by atoms with Gasteiger partial charge in [0.05, 0.1) is 5.52 Å². The van der Waals surface area contributed by atoms with Crippen molar-refractivity contribution in [2.24, 2.45) is 0 Å². The molecule has 0 radical (unpaired) electrons. The fourth-order valence-corrected chi connectivity index (χ4v) is 2.40. The maximum Gasteiger partial charge on any atom is 0.153 e. The van der Waals surface area contributed by atoms with Crippen LogP contribution in [0.2, 0.25) is 0 Å². The number of nitrogens with zero attached hydrogens (tertiary/aromatic N) is 2. The summed E-state index contributed by atoms with van der Waals surface area (Å²) in [6.45, 7) is 0. The van der Waals surface area contributed by atoms with E-state index >= 15 is 0 Å². The molecule has 92 valence electrons. The van der Waals surface area contributed by atoms with E-state index in [1.54, 1.807) is 6.20 Å². The van der Waals surface area contributed by atoms with Crippen LogP contribution in [0.1, 0.15) is 0 Å². The summed E-state index contributed by atoms with van der Waals surface area (Å²) in [5, 5.41) is 8.96. The van der Waals surface area contributed by atoms with Crippen LogP contribution in [0.15, 0.2) is 42.7 Å². The molecule has 5 heteroatoms. The molecule has 0 atom stereocenters. The van der Waals surface area contributed by atoms with Gasteiger partial charge < -0.3 is 10.7 Å². The van der Waals surface area contributed by atoms with Gasteiger partial charge in [-0.1, -0.05) is 6.07 Å². The van der Waals surface area contributed by atoms with Crippen molar-refractivity contribution in [2.45, 2.75) is 0 Å². The highest BCUT2D eigenvalue weighted by atomic mass is 15.1. The highest BCUT2D eigenvalue weighted by Gasteiger charge is 2.09. The number of rotatable bonds is 1. The van der Waals surface area contributed by atoms with Gasteiger partial charge in [0.25, 0.3) is 0 Å². The first-order valence-electron chi connectivity index (χ1n) is 5.99. The minimum atomic E-state index is 0.523. The van der Waals surface area contributed by atoms with Gasteiger partial charge in [0.2, 0.25) is 0 Å². The predicted molar refractivity (Wildman–Crippen MR) is 75.6 cm³/mol. The highest BCUT2D eigenvalue weighted by Crippen LogP contribution is 2.30. The van der Waals surface area contributed by atoms with E-state index in [-0.39, 0.29) is 0 Å². The van der Waals surface area contributed by atoms with Crippen LogP contribution >= 0.6 is 0 Å². The lowest BCUT2D eigenvalue weighted by molar-refractivity contribution is 1.13. The summed E-state index contributed by atoms with van der Waals surface area (Å²) < 4.78 is 0. The monoisotopic (exact) mass is 249 g/mol. The van der Waals surface area contributed by atoms with E-state index in [0.29, 0.717) is 5.82 Å². The molecule has 0 fully saturated rings. The molecule has 1 aromatic carbocycles. The molecule has 0 bridgehead atoms. The van der Waals surface area contributed by atoms with Crippen LogP contribution in [0.3, 0.4) is 0 Å². The molecule has 0 aliphatic rings. The largest absolute Gasteiger partial charge is 0.382 e. The summed E-state index contributed by atoms with van der Waals surface area (Å²) in [4.78, 5) is 7.48. The van der Waals surface area contributed by atoms with Crippen molar-refractivity contribution in [3.63, 3.8) is 0 Å². The number of nitrogens with two attached hydrogens (primary N) is 1. The van der Waals surface area contributed by atoms with Crippen molar-refractivity contribution in [1.82, 2.24) is 20.2 Å². The standard InChI is InChI=1S/C14H11N5/c15-13-10-6-8(3-4-12(10)18-19-13)11-7-17-14-9(11)2-1-5-16-14/h1-7H,(H,16,17)(H3,15,18,19). The lowest BCUT2D eigenvalue weighted by Crippen LogP contribution is -1.84. The Morgan fingerprint density at radius 2 is 2.05 bits per heavy atom. The van der Waals surface area contributed by atoms with Gasteiger partial charge in [-0.15, -0.1) is 0 Å². The minimum Gasteiger partial charge on any atom is -0.382 e. The zero-order valence-corrected chi connectivity index (χ0v) is 10.0. The number of hydrogen-bond acceptors (Lipinski definition) is 3. The maximum atomic E-state index is 5.85. The number of nitrogen functional groups attached to an aromatic ring is 1. The Balaban J connectivity index is 2.01. The lowest BCUT2D eigenvalue weighted by Gasteiger charge is -2.00. The summed E-state index contributed by atoms with van der Waals surface area (Å²) in [6.07, 6.45) is 3.75. The SMILES string of the molecule is Nc1n[nH]c2ccc(-c3c[nH]c4ncccc34)cc12. The summed E-state index contributed by atoms with van der Waals surface area (Å²) in [5.41, 5.74) is 9.89. The lowest BCUT2D eigenvalue weighted by atomic mass is 10.0. The van der Waals surface area contributed by atoms with Gasteiger partial charge in [0, 0.05) is 28.7 Å². The first-order chi connectivity index (χ1) is 9.33. The number of fused-ring (bicyclic) bond motifs is 2. The van der Waals surface area contributed by atoms with Gasteiger partial charge in [-0.3, -0.25) is 5.10 Å². The third-order valence-electron chi connectivity index (χ3n) is 3.35. The summed E-state index contributed by atoms with van der Waals surface area (Å²) in [5.74, 6) is 0.523. The molecule has 4 rings (SSSR count). The van der Waals surface area contributed by atoms with E-state index < -0.39 is 0 Å². The number of aromatic amines is 2. The van der Waals surface area contributed by atoms with Crippen LogP contribution in [-0.2, 0) is 0 Å². The van der Waals surface area contributed by atoms with E-state index in [1.165, 1.54) is 0 Å². The van der Waals surface area contributed by atoms with E-state index in [4.69, 9.17) is 5.73 Å². The van der Waals surface area contributed by atoms with Crippen LogP contribution in [0, 0.1) is 0 Å². The molecule has 19 heavy (non-hydrogen) atoms. The van der Waals surface area contributed by atoms with Crippen molar-refractivity contribution in [2.75, 3.05) is 5.73 Å². The normalized spacial score (nSPS) is 11.4. The zero-order valence-electron chi connectivity index (χ0n) is 10.0. The first-order valence-corrected chi connectivity index (χ1v) is 5.99. The smallest absolute Gasteiger partial charge is 0.153 e. The van der Waals surface area contributed by atoms with Gasteiger partial charge in [-0.2, -0.15) is 5.10 Å². The maximum absolute atomic E-state index is 5.85. The van der Waals surface area contributed by atoms with Gasteiger partial charge in [0.15, 0.2) is 5.82 Å². The van der Waals surface area contributed by atoms with Crippen LogP contribution in [0.25, 0.3) is 33.1 Å². The zero-order chi connectivity index (χ0) is 12.8. The predicted octanol–water partition coefficient (Wildman–Crippen LogP) is 2.69. The molecule has 0 unspecified atom stereocenters. The Morgan fingerprint density at radius 3 is 3.00 bits per heavy atom. The van der Waals surface area contributed by atoms with Crippen molar-refractivity contribution < 1.29 is 0 Å². The van der Waals surface area contributed by atoms with Crippen LogP contribution in [-0.4, -0.2) is 20.2 Å². The first kappa shape index (κ1) is 10.1. The molecular weight excluding hydrogens is 238 g/mol. The van der Waals surface area contributed by atoms with Crippen molar-refractivity contribution in [3.8, 4) is 11.1 Å². The van der Waals surface area contributed by atoms with Gasteiger partial charge in [-0.05, 0) is 29.8 Å². The molecule has 0 amide bonds. The van der Waals surface area contributed by atoms with Gasteiger partial charge >= 0.3 is 0 Å². The molecule has 0 spiro atoms. The fourth-order valence-electron chi connectivity index (χ4n) is 2.40. The Hall–Kier alpha value is -2.82. The molecule has 4 N–H and O–H groups in total. The molecular formula is C14H11N5. The molecule has 3 aromatic heterocycles. The number of nitrogens with one attached hydrogen (secondary N) is 2. The highest BCUT2D eigenvalue weighted by molar-refractivity contribution is 5.98. The Bertz CT molecular complexity index is 887. The second-order valence-corrected chi connectivity index (χ2v) is 4.47. The molecule has 4 aromatic rings. The second kappa shape index (κ2) is 3.58. The molecule has 0 saturated carbocycles. The third-order valence-corrected chi connectivity index (χ3v) is 3.35. The van der Waals surface area contributed by atoms with E-state index in [1.807, 2.05) is 24.4 Å². The number of pyridine rings is 1. The molecule has 0 aliphatic heterocycles. The van der Waals surface area contributed by atoms with Gasteiger partial charge in [0.1, 0.15) is 5.65 Å². The summed E-state index contributed by atoms with van der Waals surface area (Å²) >= 11 is 0. The van der Waals surface area contributed by atoms with Crippen molar-refractivity contribution in [1.29, 1.82) is 0 Å². The van der Waals surface area contributed by atoms with E-state index in [0.717, 1.165) is 33.1 Å². The van der Waals surface area contributed by atoms with Crippen LogP contribution < -0.4 is 5.73 Å². The Labute approximate surface area is 108 Å². The fraction of sp³-hybridized carbons (Fsp3) is 0. The van der Waals surface area contributed by atoms with E-state index in [2.05, 4.69) is 32.3 Å². The van der Waals surface area contributed by atoms with Crippen LogP contribution in [0.5, 0.6) is 0 Å².